The second-order valence-corrected chi connectivity index (χ2v) is 6.50. The Morgan fingerprint density at radius 2 is 1.86 bits per heavy atom. The van der Waals surface area contributed by atoms with E-state index >= 15 is 0 Å². The minimum Gasteiger partial charge on any atom is -0.462 e. The number of ketones is 1. The van der Waals surface area contributed by atoms with Gasteiger partial charge in [-0.25, -0.2) is 4.79 Å². The zero-order chi connectivity index (χ0) is 20.0. The van der Waals surface area contributed by atoms with Gasteiger partial charge in [0.1, 0.15) is 23.0 Å². The molecule has 0 saturated carbocycles. The minimum atomic E-state index is -0.561. The van der Waals surface area contributed by atoms with E-state index in [-0.39, 0.29) is 24.1 Å². The molecule has 0 atom stereocenters. The summed E-state index contributed by atoms with van der Waals surface area (Å²) < 4.78 is 27.0. The number of carbonyl (C=O) groups is 2. The molecule has 7 heteroatoms. The third kappa shape index (κ3) is 3.12. The lowest BCUT2D eigenvalue weighted by molar-refractivity contribution is 0.0734. The summed E-state index contributed by atoms with van der Waals surface area (Å²) in [6, 6.07) is 13.0. The van der Waals surface area contributed by atoms with Crippen LogP contribution in [-0.2, 0) is 0 Å². The summed E-state index contributed by atoms with van der Waals surface area (Å²) in [5.74, 6) is 2.23. The van der Waals surface area contributed by atoms with Crippen LogP contribution in [0.15, 0.2) is 58.7 Å². The summed E-state index contributed by atoms with van der Waals surface area (Å²) in [4.78, 5) is 24.9. The maximum Gasteiger partial charge on any atom is 0.343 e. The molecule has 0 bridgehead atoms. The molecule has 0 aliphatic carbocycles. The Balaban J connectivity index is 1.36. The number of esters is 1. The molecule has 29 heavy (non-hydrogen) atoms. The highest BCUT2D eigenvalue weighted by molar-refractivity contribution is 6.14. The molecule has 0 spiro atoms. The fraction of sp³-hybridized carbons (Fsp3) is 0.0909. The Morgan fingerprint density at radius 3 is 2.69 bits per heavy atom. The molecule has 144 valence electrons. The first-order valence-corrected chi connectivity index (χ1v) is 8.83. The zero-order valence-corrected chi connectivity index (χ0v) is 15.3. The van der Waals surface area contributed by atoms with Gasteiger partial charge in [-0.15, -0.1) is 0 Å². The number of aryl methyl sites for hydroxylation is 1. The molecule has 0 amide bonds. The van der Waals surface area contributed by atoms with Crippen molar-refractivity contribution in [1.82, 2.24) is 0 Å². The summed E-state index contributed by atoms with van der Waals surface area (Å²) in [5.41, 5.74) is 0.711. The predicted molar refractivity (Wildman–Crippen MR) is 100 cm³/mol. The van der Waals surface area contributed by atoms with Crippen molar-refractivity contribution in [3.63, 3.8) is 0 Å². The number of furan rings is 1. The van der Waals surface area contributed by atoms with E-state index in [0.29, 0.717) is 34.1 Å². The van der Waals surface area contributed by atoms with Gasteiger partial charge in [-0.1, -0.05) is 0 Å². The molecule has 3 aromatic rings. The van der Waals surface area contributed by atoms with Gasteiger partial charge in [0.2, 0.25) is 12.6 Å². The van der Waals surface area contributed by atoms with Gasteiger partial charge in [-0.05, 0) is 49.4 Å². The van der Waals surface area contributed by atoms with Crippen molar-refractivity contribution >= 4 is 17.8 Å². The van der Waals surface area contributed by atoms with Crippen molar-refractivity contribution in [3.05, 3.63) is 76.9 Å². The van der Waals surface area contributed by atoms with E-state index in [1.54, 1.807) is 42.5 Å². The molecular formula is C22H14O7. The smallest absolute Gasteiger partial charge is 0.343 e. The predicted octanol–water partition coefficient (Wildman–Crippen LogP) is 4.15. The fourth-order valence-corrected chi connectivity index (χ4v) is 3.08. The molecule has 2 aliphatic rings. The van der Waals surface area contributed by atoms with Crippen molar-refractivity contribution in [2.45, 2.75) is 6.92 Å². The number of benzene rings is 2. The standard InChI is InChI=1S/C22H14O7/c1-12-2-4-14(27-12)10-20-21(23)16-6-5-15(9-18(16)29-20)28-22(24)13-3-7-17-19(8-13)26-11-25-17/h2-10H,11H2,1H3. The lowest BCUT2D eigenvalue weighted by Crippen LogP contribution is -2.08. The van der Waals surface area contributed by atoms with Gasteiger partial charge in [0, 0.05) is 12.1 Å². The number of carbonyl (C=O) groups excluding carboxylic acids is 2. The van der Waals surface area contributed by atoms with Crippen LogP contribution >= 0.6 is 0 Å². The molecule has 0 fully saturated rings. The van der Waals surface area contributed by atoms with Crippen LogP contribution in [0.5, 0.6) is 23.0 Å². The summed E-state index contributed by atoms with van der Waals surface area (Å²) in [6.45, 7) is 1.94. The molecule has 2 aliphatic heterocycles. The van der Waals surface area contributed by atoms with E-state index in [1.807, 2.05) is 6.92 Å². The quantitative estimate of drug-likeness (QED) is 0.377. The Hall–Kier alpha value is -4.00. The van der Waals surface area contributed by atoms with Gasteiger partial charge in [0.25, 0.3) is 0 Å². The van der Waals surface area contributed by atoms with Crippen molar-refractivity contribution in [2.24, 2.45) is 0 Å². The number of rotatable bonds is 3. The van der Waals surface area contributed by atoms with Gasteiger partial charge >= 0.3 is 5.97 Å². The zero-order valence-electron chi connectivity index (χ0n) is 15.3. The first-order chi connectivity index (χ1) is 14.1. The highest BCUT2D eigenvalue weighted by Gasteiger charge is 2.28. The largest absolute Gasteiger partial charge is 0.462 e. The maximum atomic E-state index is 12.5. The van der Waals surface area contributed by atoms with Crippen molar-refractivity contribution in [2.75, 3.05) is 6.79 Å². The molecule has 7 nitrogen and oxygen atoms in total. The monoisotopic (exact) mass is 390 g/mol. The molecule has 2 aromatic carbocycles. The Kier molecular flexibility index (Phi) is 3.87. The van der Waals surface area contributed by atoms with E-state index in [1.165, 1.54) is 12.1 Å². The highest BCUT2D eigenvalue weighted by Crippen LogP contribution is 2.36. The van der Waals surface area contributed by atoms with Crippen LogP contribution in [0.4, 0.5) is 0 Å². The summed E-state index contributed by atoms with van der Waals surface area (Å²) in [5, 5.41) is 0. The fourth-order valence-electron chi connectivity index (χ4n) is 3.08. The number of allylic oxidation sites excluding steroid dienone is 1. The summed E-state index contributed by atoms with van der Waals surface area (Å²) in [7, 11) is 0. The molecule has 0 saturated heterocycles. The first kappa shape index (κ1) is 17.1. The number of Topliss-reactive ketones (excluding diaryl/α,β-unsaturated/α-hetero) is 1. The average Bonchev–Trinajstić information content (AvgIpc) is 3.41. The number of fused-ring (bicyclic) bond motifs is 2. The lowest BCUT2D eigenvalue weighted by Gasteiger charge is -2.06. The normalized spacial score (nSPS) is 15.3. The summed E-state index contributed by atoms with van der Waals surface area (Å²) in [6.07, 6.45) is 1.54. The van der Waals surface area contributed by atoms with Crippen LogP contribution in [0.25, 0.3) is 6.08 Å². The minimum absolute atomic E-state index is 0.122. The molecule has 0 N–H and O–H groups in total. The molecule has 5 rings (SSSR count). The van der Waals surface area contributed by atoms with Crippen molar-refractivity contribution in [1.29, 1.82) is 0 Å². The Labute approximate surface area is 165 Å². The van der Waals surface area contributed by atoms with Gasteiger partial charge < -0.3 is 23.4 Å². The van der Waals surface area contributed by atoms with Gasteiger partial charge in [0.15, 0.2) is 17.3 Å². The molecule has 0 unspecified atom stereocenters. The van der Waals surface area contributed by atoms with Crippen LogP contribution in [0.2, 0.25) is 0 Å². The van der Waals surface area contributed by atoms with Crippen molar-refractivity contribution < 1.29 is 33.0 Å². The van der Waals surface area contributed by atoms with E-state index in [0.717, 1.165) is 5.76 Å². The third-order valence-electron chi connectivity index (χ3n) is 4.49. The summed E-state index contributed by atoms with van der Waals surface area (Å²) >= 11 is 0. The molecule has 3 heterocycles. The van der Waals surface area contributed by atoms with Crippen LogP contribution in [0.3, 0.4) is 0 Å². The second-order valence-electron chi connectivity index (χ2n) is 6.50. The second kappa shape index (κ2) is 6.56. The number of ether oxygens (including phenoxy) is 4. The van der Waals surface area contributed by atoms with Gasteiger partial charge in [-0.2, -0.15) is 0 Å². The van der Waals surface area contributed by atoms with Crippen molar-refractivity contribution in [3.8, 4) is 23.0 Å². The maximum absolute atomic E-state index is 12.5. The van der Waals surface area contributed by atoms with Crippen LogP contribution < -0.4 is 18.9 Å². The molecule has 0 radical (unpaired) electrons. The lowest BCUT2D eigenvalue weighted by atomic mass is 10.1. The van der Waals surface area contributed by atoms with E-state index in [9.17, 15) is 9.59 Å². The first-order valence-electron chi connectivity index (χ1n) is 8.83. The van der Waals surface area contributed by atoms with Crippen LogP contribution in [0.1, 0.15) is 32.2 Å². The van der Waals surface area contributed by atoms with Crippen LogP contribution in [-0.4, -0.2) is 18.5 Å². The molecular weight excluding hydrogens is 376 g/mol. The number of hydrogen-bond donors (Lipinski definition) is 0. The number of hydrogen-bond acceptors (Lipinski definition) is 7. The third-order valence-corrected chi connectivity index (χ3v) is 4.49. The Morgan fingerprint density at radius 1 is 1.00 bits per heavy atom. The van der Waals surface area contributed by atoms with Crippen LogP contribution in [0, 0.1) is 6.92 Å². The Bertz CT molecular complexity index is 1190. The SMILES string of the molecule is Cc1ccc(C=C2Oc3cc(OC(=O)c4ccc5c(c4)OCO5)ccc3C2=O)o1. The topological polar surface area (TPSA) is 84.2 Å². The van der Waals surface area contributed by atoms with Gasteiger partial charge in [0.05, 0.1) is 11.1 Å². The van der Waals surface area contributed by atoms with Gasteiger partial charge in [-0.3, -0.25) is 4.79 Å². The van der Waals surface area contributed by atoms with E-state index in [2.05, 4.69) is 0 Å². The molecule has 1 aromatic heterocycles. The average molecular weight is 390 g/mol. The van der Waals surface area contributed by atoms with E-state index < -0.39 is 5.97 Å². The van der Waals surface area contributed by atoms with E-state index in [4.69, 9.17) is 23.4 Å². The highest BCUT2D eigenvalue weighted by atomic mass is 16.7.